The van der Waals surface area contributed by atoms with Gasteiger partial charge in [-0.1, -0.05) is 8.93 Å². The van der Waals surface area contributed by atoms with Gasteiger partial charge < -0.3 is 5.09 Å². The third-order valence-corrected chi connectivity index (χ3v) is 2.63. The first kappa shape index (κ1) is 10.4. The Morgan fingerprint density at radius 1 is 1.85 bits per heavy atom. The molecule has 0 aromatic heterocycles. The Kier molecular flexibility index (Phi) is 3.60. The summed E-state index contributed by atoms with van der Waals surface area (Å²) in [5, 5.41) is 11.7. The van der Waals surface area contributed by atoms with Crippen molar-refractivity contribution in [2.75, 3.05) is 0 Å². The molecule has 13 heavy (non-hydrogen) atoms. The number of rotatable bonds is 3. The standard InChI is InChI=1S/C8H10N2OP2/c1-5(11)7-2-6(4-9)3-8(7)10-13-12/h3,10,13H,2,12H2,1H3. The van der Waals surface area contributed by atoms with Crippen molar-refractivity contribution in [3.05, 3.63) is 22.9 Å². The van der Waals surface area contributed by atoms with E-state index in [1.807, 2.05) is 0 Å². The fraction of sp³-hybridized carbons (Fsp3) is 0.250. The van der Waals surface area contributed by atoms with Gasteiger partial charge in [0, 0.05) is 23.3 Å². The van der Waals surface area contributed by atoms with Crippen LogP contribution < -0.4 is 5.09 Å². The number of nitriles is 1. The van der Waals surface area contributed by atoms with E-state index in [4.69, 9.17) is 5.26 Å². The molecule has 0 aromatic carbocycles. The summed E-state index contributed by atoms with van der Waals surface area (Å²) in [7, 11) is 3.01. The number of allylic oxidation sites excluding steroid dienone is 3. The van der Waals surface area contributed by atoms with Gasteiger partial charge in [-0.15, -0.1) is 0 Å². The third-order valence-electron chi connectivity index (χ3n) is 1.79. The van der Waals surface area contributed by atoms with Crippen LogP contribution in [0.25, 0.3) is 0 Å². The van der Waals surface area contributed by atoms with Crippen molar-refractivity contribution < 1.29 is 4.79 Å². The molecule has 0 bridgehead atoms. The van der Waals surface area contributed by atoms with E-state index < -0.39 is 0 Å². The lowest BCUT2D eigenvalue weighted by atomic mass is 10.1. The highest BCUT2D eigenvalue weighted by molar-refractivity contribution is 8.01. The van der Waals surface area contributed by atoms with E-state index in [0.717, 1.165) is 5.70 Å². The number of ketones is 1. The molecule has 1 N–H and O–H groups in total. The zero-order chi connectivity index (χ0) is 9.84. The number of hydrogen-bond acceptors (Lipinski definition) is 3. The molecule has 0 aromatic rings. The Hall–Kier alpha value is -0.700. The van der Waals surface area contributed by atoms with Gasteiger partial charge in [-0.2, -0.15) is 5.26 Å². The minimum absolute atomic E-state index is 0.0345. The van der Waals surface area contributed by atoms with Crippen LogP contribution in [-0.2, 0) is 4.79 Å². The van der Waals surface area contributed by atoms with E-state index in [0.29, 0.717) is 26.0 Å². The van der Waals surface area contributed by atoms with Crippen LogP contribution in [0.4, 0.5) is 0 Å². The molecule has 0 heterocycles. The van der Waals surface area contributed by atoms with Crippen LogP contribution in [0.15, 0.2) is 22.9 Å². The summed E-state index contributed by atoms with van der Waals surface area (Å²) in [6.45, 7) is 1.52. The van der Waals surface area contributed by atoms with Gasteiger partial charge >= 0.3 is 0 Å². The predicted octanol–water partition coefficient (Wildman–Crippen LogP) is 1.66. The van der Waals surface area contributed by atoms with Gasteiger partial charge in [-0.05, 0) is 21.4 Å². The average Bonchev–Trinajstić information content (AvgIpc) is 2.48. The van der Waals surface area contributed by atoms with Crippen LogP contribution in [-0.4, -0.2) is 5.78 Å². The highest BCUT2D eigenvalue weighted by Crippen LogP contribution is 2.28. The molecule has 1 rings (SSSR count). The largest absolute Gasteiger partial charge is 0.363 e. The predicted molar refractivity (Wildman–Crippen MR) is 57.2 cm³/mol. The monoisotopic (exact) mass is 212 g/mol. The quantitative estimate of drug-likeness (QED) is 0.723. The van der Waals surface area contributed by atoms with Crippen molar-refractivity contribution in [3.63, 3.8) is 0 Å². The number of nitrogens with zero attached hydrogens (tertiary/aromatic N) is 1. The van der Waals surface area contributed by atoms with Gasteiger partial charge in [0.25, 0.3) is 0 Å². The summed E-state index contributed by atoms with van der Waals surface area (Å²) in [4.78, 5) is 11.1. The molecule has 0 fully saturated rings. The fourth-order valence-electron chi connectivity index (χ4n) is 1.17. The van der Waals surface area contributed by atoms with Crippen LogP contribution in [0.1, 0.15) is 13.3 Å². The van der Waals surface area contributed by atoms with E-state index in [2.05, 4.69) is 20.1 Å². The lowest BCUT2D eigenvalue weighted by Crippen LogP contribution is -2.04. The molecule has 2 unspecified atom stereocenters. The van der Waals surface area contributed by atoms with E-state index in [-0.39, 0.29) is 5.78 Å². The van der Waals surface area contributed by atoms with Crippen molar-refractivity contribution in [1.82, 2.24) is 5.09 Å². The normalized spacial score (nSPS) is 16.2. The number of hydrogen-bond donors (Lipinski definition) is 1. The first-order chi connectivity index (χ1) is 6.19. The van der Waals surface area contributed by atoms with E-state index in [1.165, 1.54) is 6.92 Å². The Bertz CT molecular complexity index is 339. The summed E-state index contributed by atoms with van der Waals surface area (Å²) >= 11 is 0. The molecule has 0 saturated carbocycles. The van der Waals surface area contributed by atoms with Crippen molar-refractivity contribution in [3.8, 4) is 6.07 Å². The molecule has 3 nitrogen and oxygen atoms in total. The lowest BCUT2D eigenvalue weighted by molar-refractivity contribution is -0.113. The van der Waals surface area contributed by atoms with Crippen molar-refractivity contribution in [2.24, 2.45) is 0 Å². The Balaban J connectivity index is 2.89. The van der Waals surface area contributed by atoms with Crippen LogP contribution >= 0.6 is 17.3 Å². The molecular weight excluding hydrogens is 202 g/mol. The Morgan fingerprint density at radius 2 is 2.54 bits per heavy atom. The average molecular weight is 212 g/mol. The molecule has 5 heteroatoms. The molecule has 0 saturated heterocycles. The summed E-state index contributed by atoms with van der Waals surface area (Å²) in [6.07, 6.45) is 2.22. The zero-order valence-corrected chi connectivity index (χ0v) is 9.37. The van der Waals surface area contributed by atoms with E-state index in [1.54, 1.807) is 6.08 Å². The maximum Gasteiger partial charge on any atom is 0.158 e. The first-order valence-electron chi connectivity index (χ1n) is 3.75. The highest BCUT2D eigenvalue weighted by Gasteiger charge is 2.18. The molecule has 0 radical (unpaired) electrons. The van der Waals surface area contributed by atoms with E-state index in [9.17, 15) is 4.79 Å². The minimum atomic E-state index is 0.0345. The number of carbonyl (C=O) groups excluding carboxylic acids is 1. The first-order valence-corrected chi connectivity index (χ1v) is 6.56. The SMILES string of the molecule is CC(=O)C1=C(NPP)C=C(C#N)C1. The second-order valence-electron chi connectivity index (χ2n) is 2.68. The summed E-state index contributed by atoms with van der Waals surface area (Å²) in [5.74, 6) is 0.0345. The maximum absolute atomic E-state index is 11.1. The highest BCUT2D eigenvalue weighted by atomic mass is 32.0. The second kappa shape index (κ2) is 4.51. The fourth-order valence-corrected chi connectivity index (χ4v) is 2.02. The Labute approximate surface area is 81.2 Å². The van der Waals surface area contributed by atoms with Gasteiger partial charge in [-0.25, -0.2) is 0 Å². The maximum atomic E-state index is 11.1. The number of carbonyl (C=O) groups is 1. The van der Waals surface area contributed by atoms with Crippen LogP contribution in [0.5, 0.6) is 0 Å². The van der Waals surface area contributed by atoms with Crippen LogP contribution in [0.2, 0.25) is 0 Å². The van der Waals surface area contributed by atoms with Gasteiger partial charge in [0.05, 0.1) is 6.07 Å². The second-order valence-corrected chi connectivity index (χ2v) is 4.08. The van der Waals surface area contributed by atoms with Gasteiger partial charge in [0.2, 0.25) is 0 Å². The topological polar surface area (TPSA) is 52.9 Å². The summed E-state index contributed by atoms with van der Waals surface area (Å²) in [6, 6.07) is 2.06. The van der Waals surface area contributed by atoms with Gasteiger partial charge in [0.1, 0.15) is 0 Å². The summed E-state index contributed by atoms with van der Waals surface area (Å²) < 4.78 is 0. The van der Waals surface area contributed by atoms with Crippen molar-refractivity contribution in [2.45, 2.75) is 13.3 Å². The smallest absolute Gasteiger partial charge is 0.158 e. The van der Waals surface area contributed by atoms with Crippen molar-refractivity contribution >= 4 is 23.1 Å². The Morgan fingerprint density at radius 3 is 3.00 bits per heavy atom. The molecule has 0 amide bonds. The van der Waals surface area contributed by atoms with E-state index >= 15 is 0 Å². The molecular formula is C8H10N2OP2. The molecule has 1 aliphatic carbocycles. The molecule has 2 atom stereocenters. The van der Waals surface area contributed by atoms with Crippen LogP contribution in [0.3, 0.4) is 0 Å². The molecule has 68 valence electrons. The minimum Gasteiger partial charge on any atom is -0.363 e. The summed E-state index contributed by atoms with van der Waals surface area (Å²) in [5.41, 5.74) is 2.17. The van der Waals surface area contributed by atoms with Gasteiger partial charge in [-0.3, -0.25) is 4.79 Å². The molecule has 0 aliphatic heterocycles. The molecule has 1 aliphatic rings. The zero-order valence-electron chi connectivity index (χ0n) is 7.22. The molecule has 0 spiro atoms. The van der Waals surface area contributed by atoms with Crippen molar-refractivity contribution in [1.29, 1.82) is 5.26 Å². The van der Waals surface area contributed by atoms with Gasteiger partial charge in [0.15, 0.2) is 5.78 Å². The lowest BCUT2D eigenvalue weighted by Gasteiger charge is -2.03. The third kappa shape index (κ3) is 2.37. The van der Waals surface area contributed by atoms with Crippen LogP contribution in [0, 0.1) is 11.3 Å². The number of Topliss-reactive ketones (excluding diaryl/α,β-unsaturated/α-hetero) is 1. The number of nitrogens with one attached hydrogen (secondary N) is 1.